The van der Waals surface area contributed by atoms with Crippen LogP contribution in [0.4, 0.5) is 0 Å². The molecule has 31 heavy (non-hydrogen) atoms. The van der Waals surface area contributed by atoms with E-state index in [1.54, 1.807) is 44.2 Å². The molecule has 0 radical (unpaired) electrons. The van der Waals surface area contributed by atoms with E-state index in [1.807, 2.05) is 12.1 Å². The Hall–Kier alpha value is -2.38. The lowest BCUT2D eigenvalue weighted by molar-refractivity contribution is 0.0868. The Bertz CT molecular complexity index is 1060. The summed E-state index contributed by atoms with van der Waals surface area (Å²) < 4.78 is 6.04. The lowest BCUT2D eigenvalue weighted by Gasteiger charge is -2.23. The second-order valence-electron chi connectivity index (χ2n) is 7.47. The molecule has 1 unspecified atom stereocenters. The van der Waals surface area contributed by atoms with Crippen LogP contribution in [-0.2, 0) is 0 Å². The zero-order valence-corrected chi connectivity index (χ0v) is 19.0. The molecule has 1 atom stereocenters. The first-order chi connectivity index (χ1) is 14.7. The van der Waals surface area contributed by atoms with E-state index in [1.165, 1.54) is 12.4 Å². The second-order valence-corrected chi connectivity index (χ2v) is 8.75. The van der Waals surface area contributed by atoms with Gasteiger partial charge >= 0.3 is 6.01 Å². The predicted octanol–water partition coefficient (Wildman–Crippen LogP) is 5.11. The predicted molar refractivity (Wildman–Crippen MR) is 121 cm³/mol. The van der Waals surface area contributed by atoms with Gasteiger partial charge in [0.05, 0.1) is 17.7 Å². The molecule has 0 aliphatic rings. The Balaban J connectivity index is 1.88. The van der Waals surface area contributed by atoms with Crippen molar-refractivity contribution in [2.45, 2.75) is 25.5 Å². The van der Waals surface area contributed by atoms with Crippen LogP contribution in [0.15, 0.2) is 54.9 Å². The summed E-state index contributed by atoms with van der Waals surface area (Å²) in [4.78, 5) is 20.6. The van der Waals surface area contributed by atoms with E-state index >= 15 is 0 Å². The van der Waals surface area contributed by atoms with Crippen molar-refractivity contribution >= 4 is 40.7 Å². The normalized spacial score (nSPS) is 12.3. The summed E-state index contributed by atoms with van der Waals surface area (Å²) in [6.07, 6.45) is 2.08. The van der Waals surface area contributed by atoms with E-state index in [9.17, 15) is 9.90 Å². The number of amides is 1. The number of benzene rings is 2. The van der Waals surface area contributed by atoms with Crippen molar-refractivity contribution < 1.29 is 14.6 Å². The lowest BCUT2D eigenvalue weighted by Crippen LogP contribution is -2.46. The van der Waals surface area contributed by atoms with Crippen LogP contribution in [-0.4, -0.2) is 33.1 Å². The highest BCUT2D eigenvalue weighted by Gasteiger charge is 2.23. The van der Waals surface area contributed by atoms with Crippen molar-refractivity contribution in [3.8, 4) is 6.01 Å². The maximum Gasteiger partial charge on any atom is 0.317 e. The maximum atomic E-state index is 12.3. The summed E-state index contributed by atoms with van der Waals surface area (Å²) in [7, 11) is 0. The Kier molecular flexibility index (Phi) is 7.38. The number of ether oxygens (including phenoxy) is 1. The molecule has 1 heterocycles. The van der Waals surface area contributed by atoms with E-state index in [-0.39, 0.29) is 18.2 Å². The van der Waals surface area contributed by atoms with E-state index in [2.05, 4.69) is 15.3 Å². The molecule has 0 fully saturated rings. The Morgan fingerprint density at radius 3 is 2.26 bits per heavy atom. The standard InChI is InChI=1S/C22H20Cl3N3O3/c1-22(2,12-29)28-20(30)14-10-26-21(27-11-14)31-19(13-3-5-15(23)6-4-13)17-8-7-16(24)9-18(17)25/h3-11,19,29H,12H2,1-2H3,(H,28,30). The van der Waals surface area contributed by atoms with Crippen LogP contribution in [0.5, 0.6) is 6.01 Å². The maximum absolute atomic E-state index is 12.3. The van der Waals surface area contributed by atoms with Gasteiger partial charge in [0.2, 0.25) is 0 Å². The number of aliphatic hydroxyl groups is 1. The van der Waals surface area contributed by atoms with Gasteiger partial charge in [-0.15, -0.1) is 0 Å². The molecule has 0 bridgehead atoms. The summed E-state index contributed by atoms with van der Waals surface area (Å²) in [6.45, 7) is 3.21. The van der Waals surface area contributed by atoms with Crippen LogP contribution < -0.4 is 10.1 Å². The lowest BCUT2D eigenvalue weighted by atomic mass is 10.0. The third-order valence-corrected chi connectivity index (χ3v) is 5.19. The number of carbonyl (C=O) groups is 1. The van der Waals surface area contributed by atoms with E-state index < -0.39 is 17.6 Å². The highest BCUT2D eigenvalue weighted by molar-refractivity contribution is 6.35. The molecular formula is C22H20Cl3N3O3. The summed E-state index contributed by atoms with van der Waals surface area (Å²) in [6, 6.07) is 12.3. The molecule has 0 aliphatic carbocycles. The number of carbonyl (C=O) groups excluding carboxylic acids is 1. The molecule has 3 aromatic rings. The first-order valence-electron chi connectivity index (χ1n) is 9.31. The van der Waals surface area contributed by atoms with Crippen molar-refractivity contribution in [1.29, 1.82) is 0 Å². The topological polar surface area (TPSA) is 84.3 Å². The minimum Gasteiger partial charge on any atom is -0.450 e. The molecule has 9 heteroatoms. The molecule has 2 aromatic carbocycles. The minimum absolute atomic E-state index is 0.0592. The van der Waals surface area contributed by atoms with Crippen molar-refractivity contribution in [2.24, 2.45) is 0 Å². The smallest absolute Gasteiger partial charge is 0.317 e. The minimum atomic E-state index is -0.767. The molecule has 0 saturated heterocycles. The Morgan fingerprint density at radius 2 is 1.68 bits per heavy atom. The average molecular weight is 481 g/mol. The number of aliphatic hydroxyl groups excluding tert-OH is 1. The van der Waals surface area contributed by atoms with Crippen molar-refractivity contribution in [3.05, 3.63) is 86.6 Å². The summed E-state index contributed by atoms with van der Waals surface area (Å²) >= 11 is 18.5. The van der Waals surface area contributed by atoms with Gasteiger partial charge in [0.1, 0.15) is 0 Å². The number of aromatic nitrogens is 2. The molecule has 0 aliphatic heterocycles. The number of nitrogens with zero attached hydrogens (tertiary/aromatic N) is 2. The molecular weight excluding hydrogens is 461 g/mol. The molecule has 2 N–H and O–H groups in total. The summed E-state index contributed by atoms with van der Waals surface area (Å²) in [5.74, 6) is -0.402. The van der Waals surface area contributed by atoms with Crippen molar-refractivity contribution in [1.82, 2.24) is 15.3 Å². The summed E-state index contributed by atoms with van der Waals surface area (Å²) in [5.41, 5.74) is 0.922. The van der Waals surface area contributed by atoms with E-state index in [4.69, 9.17) is 39.5 Å². The van der Waals surface area contributed by atoms with Crippen molar-refractivity contribution in [2.75, 3.05) is 6.61 Å². The number of rotatable bonds is 7. The number of halogens is 3. The molecule has 6 nitrogen and oxygen atoms in total. The fourth-order valence-electron chi connectivity index (χ4n) is 2.68. The highest BCUT2D eigenvalue weighted by atomic mass is 35.5. The first kappa shape index (κ1) is 23.3. The SMILES string of the molecule is CC(C)(CO)NC(=O)c1cnc(OC(c2ccc(Cl)cc2)c2ccc(Cl)cc2Cl)nc1. The van der Waals surface area contributed by atoms with Crippen LogP contribution in [0.25, 0.3) is 0 Å². The van der Waals surface area contributed by atoms with Gasteiger partial charge in [0.15, 0.2) is 6.10 Å². The second kappa shape index (κ2) is 9.83. The van der Waals surface area contributed by atoms with Crippen LogP contribution in [0, 0.1) is 0 Å². The third-order valence-electron chi connectivity index (χ3n) is 4.38. The van der Waals surface area contributed by atoms with Gasteiger partial charge in [-0.3, -0.25) is 4.79 Å². The van der Waals surface area contributed by atoms with Gasteiger partial charge in [0.25, 0.3) is 5.91 Å². The molecule has 0 spiro atoms. The van der Waals surface area contributed by atoms with Gasteiger partial charge < -0.3 is 15.2 Å². The monoisotopic (exact) mass is 479 g/mol. The van der Waals surface area contributed by atoms with Crippen LogP contribution >= 0.6 is 34.8 Å². The Morgan fingerprint density at radius 1 is 1.06 bits per heavy atom. The van der Waals surface area contributed by atoms with E-state index in [0.29, 0.717) is 20.6 Å². The average Bonchev–Trinajstić information content (AvgIpc) is 2.73. The third kappa shape index (κ3) is 6.08. The molecule has 1 amide bonds. The quantitative estimate of drug-likeness (QED) is 0.491. The number of hydrogen-bond acceptors (Lipinski definition) is 5. The Labute approximate surface area is 195 Å². The van der Waals surface area contributed by atoms with Crippen molar-refractivity contribution in [3.63, 3.8) is 0 Å². The molecule has 162 valence electrons. The number of hydrogen-bond donors (Lipinski definition) is 2. The zero-order valence-electron chi connectivity index (χ0n) is 16.8. The fraction of sp³-hybridized carbons (Fsp3) is 0.227. The zero-order chi connectivity index (χ0) is 22.6. The van der Waals surface area contributed by atoms with Gasteiger partial charge in [-0.2, -0.15) is 0 Å². The highest BCUT2D eigenvalue weighted by Crippen LogP contribution is 2.33. The van der Waals surface area contributed by atoms with Gasteiger partial charge in [-0.05, 0) is 43.7 Å². The number of nitrogens with one attached hydrogen (secondary N) is 1. The fourth-order valence-corrected chi connectivity index (χ4v) is 3.32. The van der Waals surface area contributed by atoms with Gasteiger partial charge in [-0.25, -0.2) is 9.97 Å². The van der Waals surface area contributed by atoms with E-state index in [0.717, 1.165) is 5.56 Å². The van der Waals surface area contributed by atoms with Crippen LogP contribution in [0.1, 0.15) is 41.4 Å². The largest absolute Gasteiger partial charge is 0.450 e. The molecule has 1 aromatic heterocycles. The molecule has 3 rings (SSSR count). The molecule has 0 saturated carbocycles. The van der Waals surface area contributed by atoms with Crippen LogP contribution in [0.2, 0.25) is 15.1 Å². The van der Waals surface area contributed by atoms with Crippen LogP contribution in [0.3, 0.4) is 0 Å². The summed E-state index contributed by atoms with van der Waals surface area (Å²) in [5, 5.41) is 13.5. The first-order valence-corrected chi connectivity index (χ1v) is 10.4. The van der Waals surface area contributed by atoms with Gasteiger partial charge in [0, 0.05) is 33.0 Å². The van der Waals surface area contributed by atoms with Gasteiger partial charge in [-0.1, -0.05) is 53.0 Å².